The van der Waals surface area contributed by atoms with Crippen molar-refractivity contribution in [1.29, 1.82) is 0 Å². The summed E-state index contributed by atoms with van der Waals surface area (Å²) < 4.78 is 5.03. The van der Waals surface area contributed by atoms with E-state index in [-0.39, 0.29) is 0 Å². The lowest BCUT2D eigenvalue weighted by Crippen LogP contribution is -2.06. The van der Waals surface area contributed by atoms with Gasteiger partial charge in [-0.2, -0.15) is 4.98 Å². The van der Waals surface area contributed by atoms with Gasteiger partial charge in [0.15, 0.2) is 5.82 Å². The molecular formula is C15H16N6O. The first kappa shape index (κ1) is 14.0. The van der Waals surface area contributed by atoms with E-state index in [4.69, 9.17) is 4.52 Å². The van der Waals surface area contributed by atoms with E-state index in [1.807, 2.05) is 38.1 Å². The van der Waals surface area contributed by atoms with E-state index in [1.165, 1.54) is 0 Å². The van der Waals surface area contributed by atoms with Crippen molar-refractivity contribution in [3.63, 3.8) is 0 Å². The lowest BCUT2D eigenvalue weighted by molar-refractivity contribution is 0.400. The fraction of sp³-hybridized carbons (Fsp3) is 0.200. The summed E-state index contributed by atoms with van der Waals surface area (Å²) in [6.07, 6.45) is 3.52. The largest absolute Gasteiger partial charge is 0.360 e. The van der Waals surface area contributed by atoms with E-state index in [0.717, 1.165) is 17.0 Å². The molecule has 0 saturated carbocycles. The maximum Gasteiger partial charge on any atom is 0.225 e. The van der Waals surface area contributed by atoms with Gasteiger partial charge in [0.2, 0.25) is 5.95 Å². The van der Waals surface area contributed by atoms with Gasteiger partial charge in [0.05, 0.1) is 0 Å². The Kier molecular flexibility index (Phi) is 3.95. The van der Waals surface area contributed by atoms with E-state index < -0.39 is 0 Å². The molecule has 0 saturated heterocycles. The van der Waals surface area contributed by atoms with Gasteiger partial charge < -0.3 is 15.2 Å². The molecule has 0 radical (unpaired) electrons. The molecule has 0 atom stereocenters. The van der Waals surface area contributed by atoms with Gasteiger partial charge in [-0.15, -0.1) is 0 Å². The summed E-state index contributed by atoms with van der Waals surface area (Å²) >= 11 is 0. The molecule has 3 aromatic rings. The van der Waals surface area contributed by atoms with Gasteiger partial charge in [0.1, 0.15) is 11.6 Å². The summed E-state index contributed by atoms with van der Waals surface area (Å²) in [5.74, 6) is 2.58. The minimum absolute atomic E-state index is 0.555. The Morgan fingerprint density at radius 2 is 1.86 bits per heavy atom. The zero-order valence-electron chi connectivity index (χ0n) is 12.4. The second kappa shape index (κ2) is 6.21. The highest BCUT2D eigenvalue weighted by molar-refractivity contribution is 5.53. The van der Waals surface area contributed by atoms with Crippen molar-refractivity contribution in [1.82, 2.24) is 20.1 Å². The van der Waals surface area contributed by atoms with Crippen molar-refractivity contribution < 1.29 is 4.52 Å². The van der Waals surface area contributed by atoms with Crippen LogP contribution in [0.15, 0.2) is 41.2 Å². The van der Waals surface area contributed by atoms with Crippen molar-refractivity contribution in [2.24, 2.45) is 0 Å². The Hall–Kier alpha value is -2.96. The zero-order chi connectivity index (χ0) is 15.4. The van der Waals surface area contributed by atoms with E-state index in [9.17, 15) is 0 Å². The lowest BCUT2D eigenvalue weighted by Gasteiger charge is -2.08. The van der Waals surface area contributed by atoms with Gasteiger partial charge in [-0.25, -0.2) is 4.98 Å². The quantitative estimate of drug-likeness (QED) is 0.748. The molecule has 112 valence electrons. The Morgan fingerprint density at radius 1 is 1.05 bits per heavy atom. The first-order chi connectivity index (χ1) is 10.7. The Bertz CT molecular complexity index is 756. The van der Waals surface area contributed by atoms with Crippen molar-refractivity contribution in [2.45, 2.75) is 20.4 Å². The molecule has 3 heterocycles. The third-order valence-electron chi connectivity index (χ3n) is 2.94. The lowest BCUT2D eigenvalue weighted by atomic mass is 10.3. The number of pyridine rings is 1. The van der Waals surface area contributed by atoms with Crippen LogP contribution in [0.4, 0.5) is 17.6 Å². The van der Waals surface area contributed by atoms with E-state index >= 15 is 0 Å². The van der Waals surface area contributed by atoms with Crippen molar-refractivity contribution >= 4 is 17.6 Å². The molecule has 0 spiro atoms. The maximum absolute atomic E-state index is 5.03. The van der Waals surface area contributed by atoms with Gasteiger partial charge >= 0.3 is 0 Å². The average Bonchev–Trinajstić information content (AvgIpc) is 2.91. The number of aryl methyl sites for hydroxylation is 2. The molecule has 7 heteroatoms. The van der Waals surface area contributed by atoms with Gasteiger partial charge in [-0.1, -0.05) is 5.16 Å². The highest BCUT2D eigenvalue weighted by atomic mass is 16.5. The smallest absolute Gasteiger partial charge is 0.225 e. The molecule has 0 unspecified atom stereocenters. The van der Waals surface area contributed by atoms with Crippen molar-refractivity contribution in [3.8, 4) is 0 Å². The molecule has 22 heavy (non-hydrogen) atoms. The molecule has 0 aromatic carbocycles. The van der Waals surface area contributed by atoms with Crippen LogP contribution in [0.3, 0.4) is 0 Å². The van der Waals surface area contributed by atoms with Crippen LogP contribution in [-0.4, -0.2) is 20.1 Å². The fourth-order valence-corrected chi connectivity index (χ4v) is 1.95. The summed E-state index contributed by atoms with van der Waals surface area (Å²) in [6, 6.07) is 7.55. The monoisotopic (exact) mass is 296 g/mol. The van der Waals surface area contributed by atoms with Crippen LogP contribution in [0.2, 0.25) is 0 Å². The zero-order valence-corrected chi connectivity index (χ0v) is 12.4. The van der Waals surface area contributed by atoms with E-state index in [1.54, 1.807) is 12.4 Å². The van der Waals surface area contributed by atoms with Gasteiger partial charge in [-0.05, 0) is 31.5 Å². The highest BCUT2D eigenvalue weighted by Crippen LogP contribution is 2.16. The normalized spacial score (nSPS) is 10.5. The van der Waals surface area contributed by atoms with Crippen LogP contribution in [-0.2, 0) is 6.54 Å². The van der Waals surface area contributed by atoms with Crippen LogP contribution in [0, 0.1) is 13.8 Å². The minimum Gasteiger partial charge on any atom is -0.360 e. The van der Waals surface area contributed by atoms with Gasteiger partial charge in [0, 0.05) is 36.8 Å². The third-order valence-corrected chi connectivity index (χ3v) is 2.94. The first-order valence-electron chi connectivity index (χ1n) is 6.88. The SMILES string of the molecule is Cc1cc(Nc2cc(C)on2)nc(NCc2ccncc2)n1. The molecule has 0 fully saturated rings. The van der Waals surface area contributed by atoms with Crippen LogP contribution in [0.5, 0.6) is 0 Å². The molecule has 0 bridgehead atoms. The third kappa shape index (κ3) is 3.57. The molecule has 2 N–H and O–H groups in total. The number of hydrogen-bond acceptors (Lipinski definition) is 7. The van der Waals surface area contributed by atoms with Crippen LogP contribution in [0.25, 0.3) is 0 Å². The van der Waals surface area contributed by atoms with Crippen molar-refractivity contribution in [3.05, 3.63) is 53.7 Å². The number of rotatable bonds is 5. The minimum atomic E-state index is 0.555. The Balaban J connectivity index is 1.72. The Labute approximate surface area is 127 Å². The molecule has 0 aliphatic rings. The van der Waals surface area contributed by atoms with Crippen LogP contribution in [0.1, 0.15) is 17.0 Å². The van der Waals surface area contributed by atoms with E-state index in [2.05, 4.69) is 30.7 Å². The van der Waals surface area contributed by atoms with Crippen LogP contribution >= 0.6 is 0 Å². The maximum atomic E-state index is 5.03. The average molecular weight is 296 g/mol. The topological polar surface area (TPSA) is 88.8 Å². The number of nitrogens with zero attached hydrogens (tertiary/aromatic N) is 4. The second-order valence-corrected chi connectivity index (χ2v) is 4.87. The molecule has 0 aliphatic carbocycles. The second-order valence-electron chi connectivity index (χ2n) is 4.87. The van der Waals surface area contributed by atoms with E-state index in [0.29, 0.717) is 24.1 Å². The molecule has 0 aliphatic heterocycles. The molecule has 7 nitrogen and oxygen atoms in total. The van der Waals surface area contributed by atoms with Crippen LogP contribution < -0.4 is 10.6 Å². The summed E-state index contributed by atoms with van der Waals surface area (Å²) in [5.41, 5.74) is 1.97. The standard InChI is InChI=1S/C15H16N6O/c1-10-7-13(19-14-8-11(2)22-21-14)20-15(18-10)17-9-12-3-5-16-6-4-12/h3-8H,9H2,1-2H3,(H2,17,18,19,20,21). The fourth-order valence-electron chi connectivity index (χ4n) is 1.95. The first-order valence-corrected chi connectivity index (χ1v) is 6.88. The predicted octanol–water partition coefficient (Wildman–Crippen LogP) is 2.83. The van der Waals surface area contributed by atoms with Gasteiger partial charge in [0.25, 0.3) is 0 Å². The molecule has 0 amide bonds. The molecule has 3 rings (SSSR count). The number of nitrogens with one attached hydrogen (secondary N) is 2. The number of aromatic nitrogens is 4. The highest BCUT2D eigenvalue weighted by Gasteiger charge is 2.05. The summed E-state index contributed by atoms with van der Waals surface area (Å²) in [4.78, 5) is 12.8. The molecule has 3 aromatic heterocycles. The number of hydrogen-bond donors (Lipinski definition) is 2. The number of anilines is 3. The summed E-state index contributed by atoms with van der Waals surface area (Å²) in [6.45, 7) is 4.39. The molecular weight excluding hydrogens is 280 g/mol. The van der Waals surface area contributed by atoms with Gasteiger partial charge in [-0.3, -0.25) is 4.98 Å². The predicted molar refractivity (Wildman–Crippen MR) is 82.9 cm³/mol. The summed E-state index contributed by atoms with van der Waals surface area (Å²) in [7, 11) is 0. The summed E-state index contributed by atoms with van der Waals surface area (Å²) in [5, 5.41) is 10.2. The van der Waals surface area contributed by atoms with Crippen molar-refractivity contribution in [2.75, 3.05) is 10.6 Å². The Morgan fingerprint density at radius 3 is 2.59 bits per heavy atom.